The molecule has 1 atom stereocenters. The molecule has 8 heavy (non-hydrogen) atoms. The monoisotopic (exact) mass is 120 g/mol. The van der Waals surface area contributed by atoms with E-state index in [-0.39, 0.29) is 19.0 Å². The van der Waals surface area contributed by atoms with E-state index in [0.717, 1.165) is 0 Å². The summed E-state index contributed by atoms with van der Waals surface area (Å²) >= 11 is 0. The van der Waals surface area contributed by atoms with Crippen LogP contribution in [0.2, 0.25) is 0 Å². The first-order chi connectivity index (χ1) is 3.60. The van der Waals surface area contributed by atoms with Crippen LogP contribution in [-0.2, 0) is 0 Å². The second-order valence-corrected chi connectivity index (χ2v) is 2.14. The summed E-state index contributed by atoms with van der Waals surface area (Å²) in [6.07, 6.45) is -0.118. The van der Waals surface area contributed by atoms with E-state index in [1.807, 2.05) is 0 Å². The van der Waals surface area contributed by atoms with Gasteiger partial charge in [-0.25, -0.2) is 8.78 Å². The first kappa shape index (κ1) is 5.95. The highest BCUT2D eigenvalue weighted by Crippen LogP contribution is 2.23. The molecule has 0 saturated carbocycles. The zero-order valence-electron chi connectivity index (χ0n) is 4.45. The van der Waals surface area contributed by atoms with E-state index in [9.17, 15) is 8.78 Å². The highest BCUT2D eigenvalue weighted by molar-refractivity contribution is 4.87. The molecule has 0 aromatic carbocycles. The summed E-state index contributed by atoms with van der Waals surface area (Å²) in [6, 6.07) is -0.259. The van der Waals surface area contributed by atoms with Crippen molar-refractivity contribution in [1.82, 2.24) is 5.32 Å². The topological polar surface area (TPSA) is 12.0 Å². The van der Waals surface area contributed by atoms with Crippen molar-refractivity contribution >= 4 is 0 Å². The summed E-state index contributed by atoms with van der Waals surface area (Å²) in [5, 5.41) is 2.55. The molecule has 1 fully saturated rings. The lowest BCUT2D eigenvalue weighted by Gasteiger charge is -2.03. The molecule has 3 heteroatoms. The molecule has 1 aliphatic rings. The van der Waals surface area contributed by atoms with Crippen LogP contribution in [0.1, 0.15) is 6.42 Å². The van der Waals surface area contributed by atoms with E-state index >= 15 is 0 Å². The summed E-state index contributed by atoms with van der Waals surface area (Å²) in [5.74, 6) is -2.51. The van der Waals surface area contributed by atoms with E-state index in [1.165, 1.54) is 0 Å². The molecule has 0 aromatic heterocycles. The number of alkyl halides is 2. The molecule has 0 aromatic rings. The second-order valence-electron chi connectivity index (χ2n) is 2.14. The summed E-state index contributed by atoms with van der Waals surface area (Å²) in [7, 11) is 0. The third-order valence-corrected chi connectivity index (χ3v) is 1.19. The van der Waals surface area contributed by atoms with Crippen LogP contribution in [0.15, 0.2) is 0 Å². The van der Waals surface area contributed by atoms with Crippen LogP contribution >= 0.6 is 0 Å². The van der Waals surface area contributed by atoms with E-state index in [1.54, 1.807) is 0 Å². The third-order valence-electron chi connectivity index (χ3n) is 1.19. The van der Waals surface area contributed by atoms with Gasteiger partial charge in [0, 0.05) is 12.5 Å². The predicted molar refractivity (Wildman–Crippen MR) is 26.7 cm³/mol. The Morgan fingerprint density at radius 1 is 1.62 bits per heavy atom. The Morgan fingerprint density at radius 3 is 2.38 bits per heavy atom. The Balaban J connectivity index is 2.44. The maximum absolute atomic E-state index is 12.1. The zero-order chi connectivity index (χ0) is 6.20. The van der Waals surface area contributed by atoms with Crippen LogP contribution in [-0.4, -0.2) is 18.5 Å². The van der Waals surface area contributed by atoms with Crippen LogP contribution in [0.4, 0.5) is 8.78 Å². The average molecular weight is 120 g/mol. The van der Waals surface area contributed by atoms with Crippen molar-refractivity contribution in [3.63, 3.8) is 0 Å². The standard InChI is InChI=1S/C5H8F2N/c1-4-2-5(6,7)3-8-4/h4,8H,1-3H2. The van der Waals surface area contributed by atoms with Gasteiger partial charge in [0.1, 0.15) is 0 Å². The van der Waals surface area contributed by atoms with Gasteiger partial charge in [-0.15, -0.1) is 0 Å². The molecule has 1 saturated heterocycles. The highest BCUT2D eigenvalue weighted by atomic mass is 19.3. The number of nitrogens with one attached hydrogen (secondary N) is 1. The van der Waals surface area contributed by atoms with Gasteiger partial charge in [-0.3, -0.25) is 0 Å². The van der Waals surface area contributed by atoms with Crippen LogP contribution in [0.25, 0.3) is 0 Å². The van der Waals surface area contributed by atoms with Gasteiger partial charge in [0.15, 0.2) is 0 Å². The second kappa shape index (κ2) is 1.65. The molecule has 0 amide bonds. The lowest BCUT2D eigenvalue weighted by molar-refractivity contribution is 0.0222. The number of hydrogen-bond donors (Lipinski definition) is 1. The molecule has 1 rings (SSSR count). The average Bonchev–Trinajstić information content (AvgIpc) is 1.82. The van der Waals surface area contributed by atoms with Gasteiger partial charge in [-0.2, -0.15) is 0 Å². The minimum absolute atomic E-state index is 0.118. The van der Waals surface area contributed by atoms with Crippen LogP contribution in [0, 0.1) is 6.92 Å². The van der Waals surface area contributed by atoms with Crippen molar-refractivity contribution in [1.29, 1.82) is 0 Å². The molecule has 47 valence electrons. The minimum atomic E-state index is -2.51. The largest absolute Gasteiger partial charge is 0.308 e. The number of halogens is 2. The van der Waals surface area contributed by atoms with Crippen molar-refractivity contribution in [3.8, 4) is 0 Å². The molecule has 1 N–H and O–H groups in total. The fourth-order valence-corrected chi connectivity index (χ4v) is 0.798. The fraction of sp³-hybridized carbons (Fsp3) is 0.800. The third kappa shape index (κ3) is 1.15. The highest BCUT2D eigenvalue weighted by Gasteiger charge is 2.36. The van der Waals surface area contributed by atoms with Gasteiger partial charge < -0.3 is 5.32 Å². The molecule has 0 spiro atoms. The smallest absolute Gasteiger partial charge is 0.261 e. The van der Waals surface area contributed by atoms with Crippen molar-refractivity contribution in [2.45, 2.75) is 18.4 Å². The lowest BCUT2D eigenvalue weighted by Crippen LogP contribution is -2.20. The molecule has 1 aliphatic heterocycles. The molecular weight excluding hydrogens is 112 g/mol. The van der Waals surface area contributed by atoms with Crippen LogP contribution < -0.4 is 5.32 Å². The lowest BCUT2D eigenvalue weighted by atomic mass is 10.2. The van der Waals surface area contributed by atoms with Gasteiger partial charge in [0.2, 0.25) is 0 Å². The van der Waals surface area contributed by atoms with Gasteiger partial charge >= 0.3 is 0 Å². The molecule has 1 unspecified atom stereocenters. The van der Waals surface area contributed by atoms with Gasteiger partial charge in [0.05, 0.1) is 6.54 Å². The number of rotatable bonds is 0. The summed E-state index contributed by atoms with van der Waals surface area (Å²) < 4.78 is 24.2. The number of hydrogen-bond acceptors (Lipinski definition) is 1. The Hall–Kier alpha value is -0.180. The minimum Gasteiger partial charge on any atom is -0.308 e. The van der Waals surface area contributed by atoms with Crippen molar-refractivity contribution in [2.75, 3.05) is 6.54 Å². The predicted octanol–water partition coefficient (Wildman–Crippen LogP) is 0.818. The van der Waals surface area contributed by atoms with E-state index in [2.05, 4.69) is 12.2 Å². The summed E-state index contributed by atoms with van der Waals surface area (Å²) in [6.45, 7) is 3.23. The SMILES string of the molecule is [CH2]C1CC(F)(F)CN1. The van der Waals surface area contributed by atoms with E-state index in [0.29, 0.717) is 0 Å². The van der Waals surface area contributed by atoms with Gasteiger partial charge in [0.25, 0.3) is 5.92 Å². The first-order valence-corrected chi connectivity index (χ1v) is 2.54. The fourth-order valence-electron chi connectivity index (χ4n) is 0.798. The molecule has 1 nitrogen and oxygen atoms in total. The van der Waals surface area contributed by atoms with Gasteiger partial charge in [-0.05, 0) is 6.92 Å². The van der Waals surface area contributed by atoms with Crippen LogP contribution in [0.3, 0.4) is 0 Å². The Kier molecular flexibility index (Phi) is 1.23. The normalized spacial score (nSPS) is 35.6. The van der Waals surface area contributed by atoms with Crippen molar-refractivity contribution in [3.05, 3.63) is 6.92 Å². The maximum atomic E-state index is 12.1. The van der Waals surface area contributed by atoms with Crippen LogP contribution in [0.5, 0.6) is 0 Å². The first-order valence-electron chi connectivity index (χ1n) is 2.54. The Morgan fingerprint density at radius 2 is 2.25 bits per heavy atom. The van der Waals surface area contributed by atoms with Crippen molar-refractivity contribution in [2.24, 2.45) is 0 Å². The molecule has 1 radical (unpaired) electrons. The Labute approximate surface area is 47.1 Å². The summed E-state index contributed by atoms with van der Waals surface area (Å²) in [5.41, 5.74) is 0. The zero-order valence-corrected chi connectivity index (χ0v) is 4.45. The maximum Gasteiger partial charge on any atom is 0.261 e. The van der Waals surface area contributed by atoms with E-state index in [4.69, 9.17) is 0 Å². The molecule has 0 bridgehead atoms. The quantitative estimate of drug-likeness (QED) is 0.499. The van der Waals surface area contributed by atoms with Gasteiger partial charge in [-0.1, -0.05) is 0 Å². The molecular formula is C5H8F2N. The summed E-state index contributed by atoms with van der Waals surface area (Å²) in [4.78, 5) is 0. The van der Waals surface area contributed by atoms with Crippen molar-refractivity contribution < 1.29 is 8.78 Å². The van der Waals surface area contributed by atoms with E-state index < -0.39 is 5.92 Å². The molecule has 0 aliphatic carbocycles. The Bertz CT molecular complexity index is 92.4. The molecule has 1 heterocycles.